The molecule has 0 radical (unpaired) electrons. The summed E-state index contributed by atoms with van der Waals surface area (Å²) in [7, 11) is 0. The lowest BCUT2D eigenvalue weighted by Gasteiger charge is -2.27. The maximum absolute atomic E-state index is 6.41. The van der Waals surface area contributed by atoms with Gasteiger partial charge in [-0.05, 0) is 77.7 Å². The van der Waals surface area contributed by atoms with E-state index in [0.29, 0.717) is 0 Å². The molecule has 12 rings (SSSR count). The second-order valence-corrected chi connectivity index (χ2v) is 15.5. The minimum Gasteiger partial charge on any atom is -0.456 e. The molecule has 3 aromatic heterocycles. The van der Waals surface area contributed by atoms with Gasteiger partial charge in [0.25, 0.3) is 0 Å². The van der Waals surface area contributed by atoms with Gasteiger partial charge in [-0.3, -0.25) is 0 Å². The van der Waals surface area contributed by atoms with Gasteiger partial charge in [-0.2, -0.15) is 0 Å². The number of hydrogen-bond donors (Lipinski definition) is 0. The average Bonchev–Trinajstić information content (AvgIpc) is 3.93. The molecule has 3 heterocycles. The van der Waals surface area contributed by atoms with Crippen molar-refractivity contribution in [3.63, 3.8) is 0 Å². The van der Waals surface area contributed by atoms with Gasteiger partial charge in [-0.25, -0.2) is 0 Å². The van der Waals surface area contributed by atoms with Crippen molar-refractivity contribution in [1.82, 2.24) is 4.57 Å². The first kappa shape index (κ1) is 31.2. The minimum atomic E-state index is 0.875. The third-order valence-corrected chi connectivity index (χ3v) is 12.6. The highest BCUT2D eigenvalue weighted by atomic mass is 32.1. The summed E-state index contributed by atoms with van der Waals surface area (Å²) < 4.78 is 11.4. The van der Waals surface area contributed by atoms with Crippen LogP contribution in [0.25, 0.3) is 91.5 Å². The van der Waals surface area contributed by atoms with Gasteiger partial charge in [-0.15, -0.1) is 11.3 Å². The third kappa shape index (κ3) is 4.70. The molecule has 0 aliphatic carbocycles. The Morgan fingerprint density at radius 1 is 0.429 bits per heavy atom. The summed E-state index contributed by atoms with van der Waals surface area (Å²) in [5, 5.41) is 9.73. The van der Waals surface area contributed by atoms with Crippen LogP contribution in [-0.2, 0) is 0 Å². The Labute approximate surface area is 326 Å². The highest BCUT2D eigenvalue weighted by Crippen LogP contribution is 2.45. The van der Waals surface area contributed by atoms with E-state index < -0.39 is 0 Å². The topological polar surface area (TPSA) is 21.3 Å². The number of furan rings is 1. The van der Waals surface area contributed by atoms with Crippen molar-refractivity contribution in [1.29, 1.82) is 0 Å². The van der Waals surface area contributed by atoms with Crippen LogP contribution in [0.4, 0.5) is 17.1 Å². The fourth-order valence-electron chi connectivity index (χ4n) is 8.83. The average molecular weight is 733 g/mol. The molecule has 0 atom stereocenters. The Morgan fingerprint density at radius 2 is 1.05 bits per heavy atom. The Morgan fingerprint density at radius 3 is 1.86 bits per heavy atom. The number of hydrogen-bond acceptors (Lipinski definition) is 3. The fraction of sp³-hybridized carbons (Fsp3) is 0. The van der Waals surface area contributed by atoms with Gasteiger partial charge in [0.05, 0.1) is 16.7 Å². The van der Waals surface area contributed by atoms with Gasteiger partial charge >= 0.3 is 0 Å². The molecule has 0 fully saturated rings. The Hall–Kier alpha value is -7.14. The molecule has 0 saturated carbocycles. The molecule has 0 saturated heterocycles. The van der Waals surface area contributed by atoms with Crippen molar-refractivity contribution in [3.8, 4) is 16.8 Å². The van der Waals surface area contributed by atoms with E-state index in [9.17, 15) is 0 Å². The number of rotatable bonds is 5. The minimum absolute atomic E-state index is 0.875. The number of para-hydroxylation sites is 3. The molecule has 0 aliphatic rings. The van der Waals surface area contributed by atoms with Crippen LogP contribution in [0, 0.1) is 0 Å². The largest absolute Gasteiger partial charge is 0.456 e. The molecule has 9 aromatic carbocycles. The number of benzene rings is 9. The van der Waals surface area contributed by atoms with E-state index in [2.05, 4.69) is 191 Å². The maximum Gasteiger partial charge on any atom is 0.137 e. The molecule has 0 aliphatic heterocycles. The molecule has 0 unspecified atom stereocenters. The molecule has 56 heavy (non-hydrogen) atoms. The smallest absolute Gasteiger partial charge is 0.137 e. The number of thiophene rings is 1. The van der Waals surface area contributed by atoms with Crippen LogP contribution in [-0.4, -0.2) is 4.57 Å². The SMILES string of the molecule is c1ccc2c(N(c3ccc(-c4cc(-n5c6ccccc6c6ccccc65)cc5c4sc4ccccc45)cc3)c3ccc4c(c3)oc3ccccc34)cccc2c1. The van der Waals surface area contributed by atoms with Gasteiger partial charge in [0.2, 0.25) is 0 Å². The van der Waals surface area contributed by atoms with E-state index >= 15 is 0 Å². The number of fused-ring (bicyclic) bond motifs is 10. The first-order chi connectivity index (χ1) is 27.8. The summed E-state index contributed by atoms with van der Waals surface area (Å²) in [5.41, 5.74) is 11.0. The molecule has 262 valence electrons. The lowest BCUT2D eigenvalue weighted by atomic mass is 10.0. The van der Waals surface area contributed by atoms with Crippen LogP contribution in [0.15, 0.2) is 199 Å². The van der Waals surface area contributed by atoms with Crippen molar-refractivity contribution < 1.29 is 4.42 Å². The highest BCUT2D eigenvalue weighted by Gasteiger charge is 2.20. The van der Waals surface area contributed by atoms with E-state index in [-0.39, 0.29) is 0 Å². The van der Waals surface area contributed by atoms with Crippen LogP contribution in [0.5, 0.6) is 0 Å². The Balaban J connectivity index is 1.07. The van der Waals surface area contributed by atoms with E-state index in [1.807, 2.05) is 23.5 Å². The summed E-state index contributed by atoms with van der Waals surface area (Å²) in [6, 6.07) is 70.3. The van der Waals surface area contributed by atoms with Gasteiger partial charge in [0.1, 0.15) is 11.2 Å². The zero-order valence-electron chi connectivity index (χ0n) is 30.2. The summed E-state index contributed by atoms with van der Waals surface area (Å²) >= 11 is 1.87. The predicted octanol–water partition coefficient (Wildman–Crippen LogP) is 15.3. The number of nitrogens with zero attached hydrogens (tertiary/aromatic N) is 2. The molecular formula is C52H32N2OS. The Bertz CT molecular complexity index is 3440. The van der Waals surface area contributed by atoms with Crippen LogP contribution >= 0.6 is 11.3 Å². The normalized spacial score (nSPS) is 11.9. The molecule has 0 N–H and O–H groups in total. The van der Waals surface area contributed by atoms with E-state index in [4.69, 9.17) is 4.42 Å². The number of anilines is 3. The zero-order valence-corrected chi connectivity index (χ0v) is 31.0. The van der Waals surface area contributed by atoms with E-state index in [0.717, 1.165) is 44.7 Å². The van der Waals surface area contributed by atoms with Crippen molar-refractivity contribution in [2.75, 3.05) is 4.90 Å². The van der Waals surface area contributed by atoms with Crippen molar-refractivity contribution in [2.45, 2.75) is 0 Å². The maximum atomic E-state index is 6.41. The van der Waals surface area contributed by atoms with E-state index in [1.54, 1.807) is 0 Å². The molecule has 0 bridgehead atoms. The second-order valence-electron chi connectivity index (χ2n) is 14.5. The monoisotopic (exact) mass is 732 g/mol. The molecule has 0 amide bonds. The zero-order chi connectivity index (χ0) is 36.7. The third-order valence-electron chi connectivity index (χ3n) is 11.4. The summed E-state index contributed by atoms with van der Waals surface area (Å²) in [5.74, 6) is 0. The van der Waals surface area contributed by atoms with Crippen molar-refractivity contribution >= 4 is 103 Å². The predicted molar refractivity (Wildman–Crippen MR) is 239 cm³/mol. The molecule has 0 spiro atoms. The standard InChI is InChI=1S/C52H32N2OS/c1-2-14-38-33(12-1)13-11-21-46(38)53(36-28-29-42-41-17-5-9-22-49(41)55-50(42)32-36)35-26-24-34(25-27-35)44-30-37(31-45-43-18-6-10-23-51(43)56-52(44)45)54-47-19-7-3-15-39(47)40-16-4-8-20-48(40)54/h1-32H. The van der Waals surface area contributed by atoms with Gasteiger partial charge in [0, 0.05) is 75.8 Å². The summed E-state index contributed by atoms with van der Waals surface area (Å²) in [6.07, 6.45) is 0. The van der Waals surface area contributed by atoms with Gasteiger partial charge in [0.15, 0.2) is 0 Å². The molecule has 12 aromatic rings. The lowest BCUT2D eigenvalue weighted by Crippen LogP contribution is -2.10. The molecule has 3 nitrogen and oxygen atoms in total. The fourth-order valence-corrected chi connectivity index (χ4v) is 10.1. The second kappa shape index (κ2) is 12.2. The highest BCUT2D eigenvalue weighted by molar-refractivity contribution is 7.26. The Kier molecular flexibility index (Phi) is 6.80. The molecule has 4 heteroatoms. The summed E-state index contributed by atoms with van der Waals surface area (Å²) in [4.78, 5) is 2.36. The first-order valence-corrected chi connectivity index (χ1v) is 19.8. The molecular weight excluding hydrogens is 701 g/mol. The van der Waals surface area contributed by atoms with Crippen molar-refractivity contribution in [2.24, 2.45) is 0 Å². The van der Waals surface area contributed by atoms with Crippen LogP contribution < -0.4 is 4.90 Å². The summed E-state index contributed by atoms with van der Waals surface area (Å²) in [6.45, 7) is 0. The van der Waals surface area contributed by atoms with Crippen LogP contribution in [0.3, 0.4) is 0 Å². The van der Waals surface area contributed by atoms with Gasteiger partial charge in [-0.1, -0.05) is 121 Å². The van der Waals surface area contributed by atoms with E-state index in [1.165, 1.54) is 63.9 Å². The van der Waals surface area contributed by atoms with Crippen LogP contribution in [0.1, 0.15) is 0 Å². The van der Waals surface area contributed by atoms with Crippen LogP contribution in [0.2, 0.25) is 0 Å². The number of aromatic nitrogens is 1. The van der Waals surface area contributed by atoms with Gasteiger partial charge < -0.3 is 13.9 Å². The quantitative estimate of drug-likeness (QED) is 0.176. The lowest BCUT2D eigenvalue weighted by molar-refractivity contribution is 0.669. The van der Waals surface area contributed by atoms with Crippen molar-refractivity contribution in [3.05, 3.63) is 194 Å². The first-order valence-electron chi connectivity index (χ1n) is 19.0.